The van der Waals surface area contributed by atoms with Crippen LogP contribution in [0.4, 0.5) is 13.2 Å². The van der Waals surface area contributed by atoms with E-state index in [1.165, 1.54) is 0 Å². The number of aromatic nitrogens is 2. The molecule has 0 saturated carbocycles. The van der Waals surface area contributed by atoms with Gasteiger partial charge in [-0.05, 0) is 19.9 Å². The molecule has 0 spiro atoms. The van der Waals surface area contributed by atoms with Crippen LogP contribution in [0.5, 0.6) is 0 Å². The van der Waals surface area contributed by atoms with Gasteiger partial charge in [0.25, 0.3) is 5.91 Å². The summed E-state index contributed by atoms with van der Waals surface area (Å²) in [6.45, 7) is 3.40. The van der Waals surface area contributed by atoms with Gasteiger partial charge in [-0.1, -0.05) is 0 Å². The lowest BCUT2D eigenvalue weighted by atomic mass is 10.3. The predicted octanol–water partition coefficient (Wildman–Crippen LogP) is 1.63. The van der Waals surface area contributed by atoms with Gasteiger partial charge in [-0.15, -0.1) is 0 Å². The molecule has 0 atom stereocenters. The molecule has 1 aromatic heterocycles. The summed E-state index contributed by atoms with van der Waals surface area (Å²) in [6, 6.07) is 0.962. The first-order chi connectivity index (χ1) is 7.30. The van der Waals surface area contributed by atoms with Crippen LogP contribution in [0.2, 0.25) is 0 Å². The normalized spacial score (nSPS) is 11.6. The van der Waals surface area contributed by atoms with E-state index in [1.54, 1.807) is 13.8 Å². The molecule has 16 heavy (non-hydrogen) atoms. The number of alkyl halides is 3. The van der Waals surface area contributed by atoms with Crippen molar-refractivity contribution in [2.24, 2.45) is 0 Å². The maximum Gasteiger partial charge on any atom is 0.451 e. The molecule has 1 heterocycles. The number of halogens is 3. The Labute approximate surface area is 89.9 Å². The van der Waals surface area contributed by atoms with Crippen LogP contribution in [0.25, 0.3) is 0 Å². The van der Waals surface area contributed by atoms with Crippen molar-refractivity contribution in [2.45, 2.75) is 26.1 Å². The van der Waals surface area contributed by atoms with Crippen LogP contribution >= 0.6 is 0 Å². The van der Waals surface area contributed by atoms with Crippen LogP contribution in [0.3, 0.4) is 0 Å². The first-order valence-electron chi connectivity index (χ1n) is 4.52. The van der Waals surface area contributed by atoms with Gasteiger partial charge in [0.15, 0.2) is 0 Å². The zero-order valence-corrected chi connectivity index (χ0v) is 8.67. The Balaban J connectivity index is 2.95. The standard InChI is InChI=1S/C9H10F3N3O/c1-5(2)14-7(16)6-3-4-13-8(15-6)9(10,11)12/h3-5H,1-2H3,(H,14,16). The SMILES string of the molecule is CC(C)NC(=O)c1ccnc(C(F)(F)F)n1. The average molecular weight is 233 g/mol. The summed E-state index contributed by atoms with van der Waals surface area (Å²) in [4.78, 5) is 17.6. The maximum absolute atomic E-state index is 12.2. The summed E-state index contributed by atoms with van der Waals surface area (Å²) in [6.07, 6.45) is -3.74. The van der Waals surface area contributed by atoms with Gasteiger partial charge >= 0.3 is 6.18 Å². The smallest absolute Gasteiger partial charge is 0.349 e. The molecule has 0 aliphatic carbocycles. The van der Waals surface area contributed by atoms with Gasteiger partial charge in [0.1, 0.15) is 5.69 Å². The quantitative estimate of drug-likeness (QED) is 0.844. The molecule has 1 amide bonds. The second-order valence-electron chi connectivity index (χ2n) is 3.39. The topological polar surface area (TPSA) is 54.9 Å². The molecule has 7 heteroatoms. The van der Waals surface area contributed by atoms with Crippen LogP contribution in [0.1, 0.15) is 30.2 Å². The second-order valence-corrected chi connectivity index (χ2v) is 3.39. The zero-order valence-electron chi connectivity index (χ0n) is 8.67. The number of nitrogens with one attached hydrogen (secondary N) is 1. The van der Waals surface area contributed by atoms with Gasteiger partial charge in [0.05, 0.1) is 0 Å². The molecule has 0 bridgehead atoms. The van der Waals surface area contributed by atoms with E-state index in [9.17, 15) is 18.0 Å². The van der Waals surface area contributed by atoms with Crippen LogP contribution in [0, 0.1) is 0 Å². The van der Waals surface area contributed by atoms with Gasteiger partial charge in [0.2, 0.25) is 5.82 Å². The van der Waals surface area contributed by atoms with Crippen LogP contribution in [-0.2, 0) is 6.18 Å². The highest BCUT2D eigenvalue weighted by Crippen LogP contribution is 2.25. The van der Waals surface area contributed by atoms with Crippen molar-refractivity contribution in [1.29, 1.82) is 0 Å². The molecule has 0 aromatic carbocycles. The minimum atomic E-state index is -4.64. The maximum atomic E-state index is 12.2. The third kappa shape index (κ3) is 3.18. The second kappa shape index (κ2) is 4.46. The molecule has 0 aliphatic heterocycles. The van der Waals surface area contributed by atoms with Gasteiger partial charge in [0, 0.05) is 12.2 Å². The highest BCUT2D eigenvalue weighted by atomic mass is 19.4. The largest absolute Gasteiger partial charge is 0.451 e. The highest BCUT2D eigenvalue weighted by Gasteiger charge is 2.35. The van der Waals surface area contributed by atoms with E-state index in [-0.39, 0.29) is 11.7 Å². The molecule has 1 rings (SSSR count). The van der Waals surface area contributed by atoms with E-state index in [1.807, 2.05) is 0 Å². The molecular formula is C9H10F3N3O. The monoisotopic (exact) mass is 233 g/mol. The Morgan fingerprint density at radius 2 is 2.06 bits per heavy atom. The van der Waals surface area contributed by atoms with Crippen molar-refractivity contribution in [3.05, 3.63) is 23.8 Å². The molecule has 1 aromatic rings. The number of rotatable bonds is 2. The van der Waals surface area contributed by atoms with Gasteiger partial charge < -0.3 is 5.32 Å². The molecule has 0 unspecified atom stereocenters. The Bertz CT molecular complexity index is 390. The summed E-state index contributed by atoms with van der Waals surface area (Å²) >= 11 is 0. The van der Waals surface area contributed by atoms with E-state index < -0.39 is 17.9 Å². The van der Waals surface area contributed by atoms with Crippen molar-refractivity contribution >= 4 is 5.91 Å². The Hall–Kier alpha value is -1.66. The average Bonchev–Trinajstić information content (AvgIpc) is 2.15. The van der Waals surface area contributed by atoms with E-state index in [2.05, 4.69) is 15.3 Å². The third-order valence-corrected chi connectivity index (χ3v) is 1.56. The van der Waals surface area contributed by atoms with Crippen LogP contribution < -0.4 is 5.32 Å². The number of hydrogen-bond donors (Lipinski definition) is 1. The van der Waals surface area contributed by atoms with Crippen LogP contribution in [-0.4, -0.2) is 21.9 Å². The summed E-state index contributed by atoms with van der Waals surface area (Å²) in [5, 5.41) is 2.44. The number of hydrogen-bond acceptors (Lipinski definition) is 3. The van der Waals surface area contributed by atoms with Crippen molar-refractivity contribution in [3.63, 3.8) is 0 Å². The minimum absolute atomic E-state index is 0.170. The number of carbonyl (C=O) groups excluding carboxylic acids is 1. The number of nitrogens with zero attached hydrogens (tertiary/aromatic N) is 2. The minimum Gasteiger partial charge on any atom is -0.349 e. The predicted molar refractivity (Wildman–Crippen MR) is 49.6 cm³/mol. The number of amides is 1. The summed E-state index contributed by atoms with van der Waals surface area (Å²) in [7, 11) is 0. The molecule has 0 saturated heterocycles. The molecule has 0 radical (unpaired) electrons. The zero-order chi connectivity index (χ0) is 12.3. The van der Waals surface area contributed by atoms with Crippen molar-refractivity contribution < 1.29 is 18.0 Å². The Kier molecular flexibility index (Phi) is 3.46. The lowest BCUT2D eigenvalue weighted by Crippen LogP contribution is -2.31. The number of carbonyl (C=O) groups is 1. The molecule has 88 valence electrons. The summed E-state index contributed by atoms with van der Waals surface area (Å²) < 4.78 is 36.7. The van der Waals surface area contributed by atoms with E-state index >= 15 is 0 Å². The van der Waals surface area contributed by atoms with Crippen molar-refractivity contribution in [3.8, 4) is 0 Å². The van der Waals surface area contributed by atoms with Crippen molar-refractivity contribution in [2.75, 3.05) is 0 Å². The molecule has 0 aliphatic rings. The van der Waals surface area contributed by atoms with E-state index in [4.69, 9.17) is 0 Å². The van der Waals surface area contributed by atoms with Gasteiger partial charge in [-0.25, -0.2) is 9.97 Å². The lowest BCUT2D eigenvalue weighted by Gasteiger charge is -2.09. The Morgan fingerprint density at radius 1 is 1.44 bits per heavy atom. The first kappa shape index (κ1) is 12.4. The molecule has 0 fully saturated rings. The third-order valence-electron chi connectivity index (χ3n) is 1.56. The lowest BCUT2D eigenvalue weighted by molar-refractivity contribution is -0.145. The molecular weight excluding hydrogens is 223 g/mol. The fraction of sp³-hybridized carbons (Fsp3) is 0.444. The Morgan fingerprint density at radius 3 is 2.56 bits per heavy atom. The highest BCUT2D eigenvalue weighted by molar-refractivity contribution is 5.92. The summed E-state index contributed by atoms with van der Waals surface area (Å²) in [5.41, 5.74) is -0.295. The van der Waals surface area contributed by atoms with Crippen molar-refractivity contribution in [1.82, 2.24) is 15.3 Å². The van der Waals surface area contributed by atoms with E-state index in [0.717, 1.165) is 12.3 Å². The van der Waals surface area contributed by atoms with E-state index in [0.29, 0.717) is 0 Å². The fourth-order valence-electron chi connectivity index (χ4n) is 0.958. The van der Waals surface area contributed by atoms with Crippen LogP contribution in [0.15, 0.2) is 12.3 Å². The van der Waals surface area contributed by atoms with Gasteiger partial charge in [-0.2, -0.15) is 13.2 Å². The molecule has 4 nitrogen and oxygen atoms in total. The van der Waals surface area contributed by atoms with Gasteiger partial charge in [-0.3, -0.25) is 4.79 Å². The first-order valence-corrected chi connectivity index (χ1v) is 4.52. The summed E-state index contributed by atoms with van der Waals surface area (Å²) in [5.74, 6) is -1.97. The molecule has 1 N–H and O–H groups in total. The fourth-order valence-corrected chi connectivity index (χ4v) is 0.958.